The molecule has 15 aromatic carbocycles. The number of rotatable bonds is 10. The van der Waals surface area contributed by atoms with Gasteiger partial charge in [-0.2, -0.15) is 0 Å². The first-order valence-corrected chi connectivity index (χ1v) is 36.0. The van der Waals surface area contributed by atoms with Crippen LogP contribution in [0.2, 0.25) is 0 Å². The minimum absolute atomic E-state index is 0.165. The summed E-state index contributed by atoms with van der Waals surface area (Å²) in [6, 6.07) is 51.7. The van der Waals surface area contributed by atoms with E-state index in [1.54, 1.807) is 0 Å². The highest BCUT2D eigenvalue weighted by Crippen LogP contribution is 2.56. The average molecular weight is 1400 g/mol. The van der Waals surface area contributed by atoms with Crippen LogP contribution in [0.25, 0.3) is 122 Å². The van der Waals surface area contributed by atoms with Gasteiger partial charge in [-0.25, -0.2) is 0 Å². The van der Waals surface area contributed by atoms with E-state index in [0.29, 0.717) is 78.3 Å². The molecule has 0 unspecified atom stereocenters. The smallest absolute Gasteiger partial charge is 0.252 e. The van der Waals surface area contributed by atoms with Gasteiger partial charge in [0.05, 0.1) is 63.6 Å². The molecule has 0 saturated heterocycles. The molecule has 0 spiro atoms. The summed E-state index contributed by atoms with van der Waals surface area (Å²) in [7, 11) is 0. The van der Waals surface area contributed by atoms with Crippen LogP contribution in [0, 0.1) is 0 Å². The van der Waals surface area contributed by atoms with Crippen LogP contribution < -0.4 is 26.2 Å². The van der Waals surface area contributed by atoms with Crippen molar-refractivity contribution < 1.29 is 30.2 Å². The van der Waals surface area contributed by atoms with E-state index in [9.17, 15) is 30.2 Å². The summed E-state index contributed by atoms with van der Waals surface area (Å²) in [5.74, 6) is 0. The summed E-state index contributed by atoms with van der Waals surface area (Å²) < 4.78 is 224. The molecule has 4 heterocycles. The maximum Gasteiger partial charge on any atom is 0.252 e. The Kier molecular flexibility index (Phi) is 10.7. The number of hydrogen-bond acceptors (Lipinski definition) is 2. The highest BCUT2D eigenvalue weighted by Gasteiger charge is 2.47. The Morgan fingerprint density at radius 2 is 0.561 bits per heavy atom. The highest BCUT2D eigenvalue weighted by molar-refractivity contribution is 7.00. The van der Waals surface area contributed by atoms with Crippen LogP contribution >= 0.6 is 0 Å². The molecule has 0 amide bonds. The predicted octanol–water partition coefficient (Wildman–Crippen LogP) is 25.9. The lowest BCUT2D eigenvalue weighted by Gasteiger charge is -2.47. The van der Waals surface area contributed by atoms with E-state index in [1.165, 1.54) is 0 Å². The van der Waals surface area contributed by atoms with Crippen molar-refractivity contribution in [2.45, 2.75) is 78.6 Å². The fraction of sp³-hybridized carbons (Fsp3) is 0.118. The fourth-order valence-corrected chi connectivity index (χ4v) is 15.7. The van der Waals surface area contributed by atoms with Gasteiger partial charge in [-0.15, -0.1) is 0 Å². The molecule has 4 nitrogen and oxygen atoms in total. The molecule has 0 fully saturated rings. The Bertz CT molecular complexity index is 7170. The maximum atomic E-state index is 11.9. The summed E-state index contributed by atoms with van der Waals surface area (Å²) >= 11 is 0. The third-order valence-electron chi connectivity index (χ3n) is 21.1. The van der Waals surface area contributed by atoms with Crippen LogP contribution in [0.15, 0.2) is 339 Å². The first-order chi connectivity index (χ1) is 61.2. The third kappa shape index (κ3) is 11.0. The number of nitrogens with zero attached hydrogens (tertiary/aromatic N) is 4. The normalized spacial score (nSPS) is 15.7. The molecule has 17 aromatic rings. The number of hydrogen-bond donors (Lipinski definition) is 0. The summed E-state index contributed by atoms with van der Waals surface area (Å²) in [6.45, 7) is 17.1. The molecule has 0 aliphatic carbocycles. The van der Waals surface area contributed by atoms with E-state index in [4.69, 9.17) is 0 Å². The average Bonchev–Trinajstić information content (AvgIpc) is 1.35. The molecule has 0 saturated carbocycles. The van der Waals surface area contributed by atoms with Gasteiger partial charge in [0.1, 0.15) is 0 Å². The second-order valence-electron chi connectivity index (χ2n) is 30.8. The van der Waals surface area contributed by atoms with E-state index < -0.39 is 189 Å². The number of anilines is 6. The van der Waals surface area contributed by atoms with Crippen molar-refractivity contribution in [1.82, 2.24) is 9.13 Å². The highest BCUT2D eigenvalue weighted by atomic mass is 15.2. The third-order valence-corrected chi connectivity index (χ3v) is 21.1. The zero-order valence-corrected chi connectivity index (χ0v) is 60.5. The summed E-state index contributed by atoms with van der Waals surface area (Å²) in [5, 5.41) is -1.42. The lowest BCUT2D eigenvalue weighted by Crippen LogP contribution is -2.61. The van der Waals surface area contributed by atoms with Crippen molar-refractivity contribution in [3.63, 3.8) is 0 Å². The van der Waals surface area contributed by atoms with Crippen LogP contribution in [-0.2, 0) is 16.2 Å². The first kappa shape index (κ1) is 45.7. The van der Waals surface area contributed by atoms with Gasteiger partial charge < -0.3 is 18.9 Å². The SMILES string of the molecule is [2H]c1c([2H])c(-n2c3c([2H])c([2H])c([2H])c([2H])c3c3c([2H])c([2H])c([2H])c([2H])c32)c([2H])c2c1B1c3c(cc(C(C)(C)C)cc3N(c3c(-c4ccccc4)cc(C(C)(C)C)cc3-c3cccc(-c4ccccc4)c3)c3c([2H])c(-n4c5c([2H])c([2H])c([2H])c([2H])c5c5c([2H])c([2H])c([2H])c([2H])c54)c([2H])c([2H])c31)N2c1c(-c2ccccc2)cc(C(C)(C)C)cc1-c1cccc(-c2ccccc2)c1. The Hall–Kier alpha value is -12.4. The van der Waals surface area contributed by atoms with E-state index in [2.05, 4.69) is 77.9 Å². The summed E-state index contributed by atoms with van der Waals surface area (Å²) in [6.07, 6.45) is 0. The number of fused-ring (bicyclic) bond motifs is 10. The standard InChI is InChI=1S/C102H83BN4/c1-100(2,3)74-58-83(68-36-18-12-19-37-68)98(85(60-74)72-42-30-40-70(56-72)66-32-14-10-15-33-66)106-93-64-77(104-89-48-26-22-44-79(89)80-45-23-27-49-90(80)104)52-54-87(93)103-88-55-53-78(105-91-50-28-24-46-81(91)82-47-25-29-51-92(82)105)65-94(88)107(96-63-76(102(7,8)9)62-95(106)97(96)103)99-84(69-38-20-13-21-39-69)59-75(101(4,5)6)61-86(99)73-43-31-41-71(57-73)67-34-16-11-17-35-67/h10-65H,1-9H3/i22D,23D,24D,25D,26D,27D,28D,29D,44D,45D,46D,47D,48D,49D,50D,51D,52D,53D,54D,55D,64D,65D. The monoisotopic (exact) mass is 1400 g/mol. The second-order valence-corrected chi connectivity index (χ2v) is 30.8. The van der Waals surface area contributed by atoms with Crippen molar-refractivity contribution in [1.29, 1.82) is 0 Å². The molecule has 107 heavy (non-hydrogen) atoms. The molecular weight excluding hydrogens is 1290 g/mol. The van der Waals surface area contributed by atoms with E-state index in [1.807, 2.05) is 200 Å². The fourth-order valence-electron chi connectivity index (χ4n) is 15.7. The molecule has 2 aromatic heterocycles. The Morgan fingerprint density at radius 3 is 0.897 bits per heavy atom. The van der Waals surface area contributed by atoms with Gasteiger partial charge >= 0.3 is 0 Å². The lowest BCUT2D eigenvalue weighted by atomic mass is 9.33. The number of aromatic nitrogens is 2. The second kappa shape index (κ2) is 25.1. The van der Waals surface area contributed by atoms with Gasteiger partial charge in [-0.05, 0) is 191 Å². The largest absolute Gasteiger partial charge is 0.310 e. The first-order valence-electron chi connectivity index (χ1n) is 47.0. The molecule has 5 heteroatoms. The Balaban J connectivity index is 1.10. The molecule has 2 aliphatic heterocycles. The van der Waals surface area contributed by atoms with E-state index >= 15 is 0 Å². The molecule has 0 N–H and O–H groups in total. The van der Waals surface area contributed by atoms with Gasteiger partial charge in [-0.3, -0.25) is 0 Å². The minimum Gasteiger partial charge on any atom is -0.310 e. The van der Waals surface area contributed by atoms with E-state index in [0.717, 1.165) is 42.5 Å². The lowest BCUT2D eigenvalue weighted by molar-refractivity contribution is 0.590. The quantitative estimate of drug-likeness (QED) is 0.127. The van der Waals surface area contributed by atoms with Crippen LogP contribution in [-0.4, -0.2) is 15.8 Å². The Morgan fingerprint density at radius 1 is 0.271 bits per heavy atom. The van der Waals surface area contributed by atoms with Gasteiger partial charge in [0.25, 0.3) is 6.71 Å². The van der Waals surface area contributed by atoms with Crippen LogP contribution in [0.3, 0.4) is 0 Å². The van der Waals surface area contributed by atoms with Crippen molar-refractivity contribution in [2.75, 3.05) is 9.80 Å². The molecule has 0 atom stereocenters. The zero-order valence-electron chi connectivity index (χ0n) is 82.5. The maximum absolute atomic E-state index is 11.9. The molecule has 0 radical (unpaired) electrons. The Labute approximate surface area is 659 Å². The molecule has 2 aliphatic rings. The van der Waals surface area contributed by atoms with Crippen molar-refractivity contribution in [3.8, 4) is 78.1 Å². The predicted molar refractivity (Wildman–Crippen MR) is 458 cm³/mol. The molecule has 514 valence electrons. The van der Waals surface area contributed by atoms with Gasteiger partial charge in [0.2, 0.25) is 0 Å². The van der Waals surface area contributed by atoms with Crippen LogP contribution in [0.5, 0.6) is 0 Å². The number of benzene rings is 15. The topological polar surface area (TPSA) is 16.3 Å². The van der Waals surface area contributed by atoms with Crippen molar-refractivity contribution >= 4 is 101 Å². The molecule has 0 bridgehead atoms. The van der Waals surface area contributed by atoms with Crippen molar-refractivity contribution in [2.24, 2.45) is 0 Å². The van der Waals surface area contributed by atoms with Crippen molar-refractivity contribution in [3.05, 3.63) is 356 Å². The minimum atomic E-state index is -1.68. The van der Waals surface area contributed by atoms with Gasteiger partial charge in [0, 0.05) is 77.9 Å². The summed E-state index contributed by atoms with van der Waals surface area (Å²) in [4.78, 5) is 3.82. The van der Waals surface area contributed by atoms with E-state index in [-0.39, 0.29) is 43.8 Å². The summed E-state index contributed by atoms with van der Waals surface area (Å²) in [5.41, 5.74) is 6.79. The van der Waals surface area contributed by atoms with Gasteiger partial charge in [0.15, 0.2) is 0 Å². The van der Waals surface area contributed by atoms with Crippen LogP contribution in [0.4, 0.5) is 34.1 Å². The van der Waals surface area contributed by atoms with Crippen LogP contribution in [0.1, 0.15) is 109 Å². The number of para-hydroxylation sites is 4. The molecule has 19 rings (SSSR count). The van der Waals surface area contributed by atoms with Gasteiger partial charge in [-0.1, -0.05) is 305 Å². The molecular formula is C102H83BN4. The zero-order chi connectivity index (χ0) is 91.8.